The number of halogens is 1. The van der Waals surface area contributed by atoms with Crippen molar-refractivity contribution >= 4 is 5.97 Å². The van der Waals surface area contributed by atoms with Gasteiger partial charge in [0.15, 0.2) is 0 Å². The van der Waals surface area contributed by atoms with E-state index in [1.54, 1.807) is 18.5 Å². The van der Waals surface area contributed by atoms with Crippen molar-refractivity contribution in [3.8, 4) is 5.69 Å². The smallest absolute Gasteiger partial charge is 0.338 e. The van der Waals surface area contributed by atoms with Gasteiger partial charge in [-0.25, -0.2) is 13.9 Å². The van der Waals surface area contributed by atoms with E-state index < -0.39 is 11.8 Å². The third-order valence-corrected chi connectivity index (χ3v) is 1.95. The lowest BCUT2D eigenvalue weighted by atomic mass is 10.2. The van der Waals surface area contributed by atoms with Gasteiger partial charge in [0.1, 0.15) is 5.82 Å². The summed E-state index contributed by atoms with van der Waals surface area (Å²) >= 11 is 0. The number of hydrogen-bond acceptors (Lipinski definition) is 2. The van der Waals surface area contributed by atoms with E-state index in [1.165, 1.54) is 16.8 Å². The van der Waals surface area contributed by atoms with Crippen LogP contribution in [0.3, 0.4) is 0 Å². The first-order valence-corrected chi connectivity index (χ1v) is 4.21. The van der Waals surface area contributed by atoms with Gasteiger partial charge in [0, 0.05) is 18.5 Å². The van der Waals surface area contributed by atoms with Gasteiger partial charge in [0.2, 0.25) is 0 Å². The molecule has 1 aromatic heterocycles. The molecule has 0 spiro atoms. The third-order valence-electron chi connectivity index (χ3n) is 1.95. The van der Waals surface area contributed by atoms with Crippen molar-refractivity contribution < 1.29 is 14.3 Å². The van der Waals surface area contributed by atoms with E-state index in [9.17, 15) is 9.18 Å². The molecule has 0 atom stereocenters. The van der Waals surface area contributed by atoms with Crippen molar-refractivity contribution in [3.63, 3.8) is 0 Å². The second kappa shape index (κ2) is 3.53. The topological polar surface area (TPSA) is 55.1 Å². The van der Waals surface area contributed by atoms with Crippen LogP contribution >= 0.6 is 0 Å². The summed E-state index contributed by atoms with van der Waals surface area (Å²) in [6.07, 6.45) is 3.21. The molecule has 4 nitrogen and oxygen atoms in total. The quantitative estimate of drug-likeness (QED) is 0.813. The Morgan fingerprint density at radius 3 is 2.80 bits per heavy atom. The fraction of sp³-hybridized carbons (Fsp3) is 0. The average Bonchev–Trinajstić information content (AvgIpc) is 2.69. The Morgan fingerprint density at radius 1 is 1.47 bits per heavy atom. The van der Waals surface area contributed by atoms with Crippen LogP contribution in [0.4, 0.5) is 4.39 Å². The molecule has 0 unspecified atom stereocenters. The highest BCUT2D eigenvalue weighted by Gasteiger charge is 2.10. The van der Waals surface area contributed by atoms with Crippen LogP contribution in [0.1, 0.15) is 10.4 Å². The number of aromatic carboxylic acids is 1. The Hall–Kier alpha value is -2.17. The molecule has 1 N–H and O–H groups in total. The number of benzene rings is 1. The van der Waals surface area contributed by atoms with Crippen LogP contribution in [0.5, 0.6) is 0 Å². The number of nitrogens with zero attached hydrogens (tertiary/aromatic N) is 2. The summed E-state index contributed by atoms with van der Waals surface area (Å²) < 4.78 is 14.7. The zero-order chi connectivity index (χ0) is 10.8. The van der Waals surface area contributed by atoms with Crippen molar-refractivity contribution in [2.24, 2.45) is 0 Å². The van der Waals surface area contributed by atoms with Gasteiger partial charge in [-0.1, -0.05) is 0 Å². The number of carboxylic acid groups (broad SMARTS) is 1. The zero-order valence-electron chi connectivity index (χ0n) is 7.59. The third kappa shape index (κ3) is 1.71. The molecule has 2 aromatic rings. The lowest BCUT2D eigenvalue weighted by Crippen LogP contribution is -2.02. The van der Waals surface area contributed by atoms with Crippen molar-refractivity contribution in [2.45, 2.75) is 0 Å². The minimum absolute atomic E-state index is 0.342. The zero-order valence-corrected chi connectivity index (χ0v) is 7.59. The van der Waals surface area contributed by atoms with E-state index in [-0.39, 0.29) is 5.56 Å². The van der Waals surface area contributed by atoms with Crippen LogP contribution in [-0.2, 0) is 0 Å². The Balaban J connectivity index is 2.47. The molecule has 0 aliphatic carbocycles. The van der Waals surface area contributed by atoms with Crippen molar-refractivity contribution in [2.75, 3.05) is 0 Å². The fourth-order valence-corrected chi connectivity index (χ4v) is 1.24. The highest BCUT2D eigenvalue weighted by atomic mass is 19.1. The van der Waals surface area contributed by atoms with Gasteiger partial charge in [-0.2, -0.15) is 5.10 Å². The number of carboxylic acids is 1. The van der Waals surface area contributed by atoms with Gasteiger partial charge in [0.05, 0.1) is 11.3 Å². The van der Waals surface area contributed by atoms with Gasteiger partial charge in [-0.15, -0.1) is 0 Å². The highest BCUT2D eigenvalue weighted by Crippen LogP contribution is 2.13. The maximum atomic E-state index is 13.3. The molecular formula is C10H7FN2O2. The lowest BCUT2D eigenvalue weighted by molar-refractivity contribution is 0.0692. The van der Waals surface area contributed by atoms with Gasteiger partial charge in [0.25, 0.3) is 0 Å². The van der Waals surface area contributed by atoms with E-state index in [0.717, 1.165) is 6.07 Å². The van der Waals surface area contributed by atoms with Crippen LogP contribution in [0.15, 0.2) is 36.7 Å². The van der Waals surface area contributed by atoms with Crippen LogP contribution in [-0.4, -0.2) is 20.9 Å². The predicted octanol–water partition coefficient (Wildman–Crippen LogP) is 1.71. The predicted molar refractivity (Wildman–Crippen MR) is 50.5 cm³/mol. The highest BCUT2D eigenvalue weighted by molar-refractivity contribution is 5.88. The molecule has 0 saturated heterocycles. The molecule has 1 aromatic carbocycles. The summed E-state index contributed by atoms with van der Waals surface area (Å²) in [5, 5.41) is 12.5. The SMILES string of the molecule is O=C(O)c1ccc(-n2cccn2)cc1F. The molecule has 0 amide bonds. The summed E-state index contributed by atoms with van der Waals surface area (Å²) in [5.74, 6) is -2.05. The molecule has 5 heteroatoms. The summed E-state index contributed by atoms with van der Waals surface area (Å²) in [6, 6.07) is 5.55. The molecule has 0 bridgehead atoms. The number of hydrogen-bond donors (Lipinski definition) is 1. The van der Waals surface area contributed by atoms with Crippen LogP contribution in [0.2, 0.25) is 0 Å². The first kappa shape index (κ1) is 9.39. The van der Waals surface area contributed by atoms with Gasteiger partial charge in [-0.05, 0) is 18.2 Å². The van der Waals surface area contributed by atoms with Crippen molar-refractivity contribution in [3.05, 3.63) is 48.0 Å². The van der Waals surface area contributed by atoms with E-state index in [4.69, 9.17) is 5.11 Å². The summed E-state index contributed by atoms with van der Waals surface area (Å²) in [5.41, 5.74) is 0.147. The Bertz CT molecular complexity index is 494. The standard InChI is InChI=1S/C10H7FN2O2/c11-9-6-7(13-5-1-4-12-13)2-3-8(9)10(14)15/h1-6H,(H,14,15). The van der Waals surface area contributed by atoms with Crippen LogP contribution < -0.4 is 0 Å². The largest absolute Gasteiger partial charge is 0.478 e. The maximum Gasteiger partial charge on any atom is 0.338 e. The van der Waals surface area contributed by atoms with Crippen LogP contribution in [0, 0.1) is 5.82 Å². The van der Waals surface area contributed by atoms with Crippen LogP contribution in [0.25, 0.3) is 5.69 Å². The van der Waals surface area contributed by atoms with E-state index >= 15 is 0 Å². The van der Waals surface area contributed by atoms with E-state index in [1.807, 2.05) is 0 Å². The molecule has 0 saturated carbocycles. The fourth-order valence-electron chi connectivity index (χ4n) is 1.24. The Morgan fingerprint density at radius 2 is 2.27 bits per heavy atom. The molecule has 76 valence electrons. The van der Waals surface area contributed by atoms with E-state index in [2.05, 4.69) is 5.10 Å². The van der Waals surface area contributed by atoms with Gasteiger partial charge >= 0.3 is 5.97 Å². The second-order valence-electron chi connectivity index (χ2n) is 2.92. The minimum atomic E-state index is -1.28. The molecule has 0 aliphatic heterocycles. The molecule has 2 rings (SSSR count). The number of rotatable bonds is 2. The van der Waals surface area contributed by atoms with Crippen molar-refractivity contribution in [1.82, 2.24) is 9.78 Å². The summed E-state index contributed by atoms with van der Waals surface area (Å²) in [6.45, 7) is 0. The first-order valence-electron chi connectivity index (χ1n) is 4.21. The maximum absolute atomic E-state index is 13.3. The monoisotopic (exact) mass is 206 g/mol. The summed E-state index contributed by atoms with van der Waals surface area (Å²) in [4.78, 5) is 10.6. The molecule has 1 heterocycles. The number of carbonyl (C=O) groups is 1. The molecular weight excluding hydrogens is 199 g/mol. The molecule has 0 fully saturated rings. The Kier molecular flexibility index (Phi) is 2.21. The van der Waals surface area contributed by atoms with Crippen molar-refractivity contribution in [1.29, 1.82) is 0 Å². The first-order chi connectivity index (χ1) is 7.18. The minimum Gasteiger partial charge on any atom is -0.478 e. The second-order valence-corrected chi connectivity index (χ2v) is 2.92. The molecule has 15 heavy (non-hydrogen) atoms. The van der Waals surface area contributed by atoms with Gasteiger partial charge < -0.3 is 5.11 Å². The molecule has 0 aliphatic rings. The summed E-state index contributed by atoms with van der Waals surface area (Å²) in [7, 11) is 0. The Labute approximate surface area is 84.6 Å². The number of aromatic nitrogens is 2. The average molecular weight is 206 g/mol. The molecule has 0 radical (unpaired) electrons. The van der Waals surface area contributed by atoms with E-state index in [0.29, 0.717) is 5.69 Å². The lowest BCUT2D eigenvalue weighted by Gasteiger charge is -2.02. The van der Waals surface area contributed by atoms with Gasteiger partial charge in [-0.3, -0.25) is 0 Å². The normalized spacial score (nSPS) is 10.2.